The third-order valence-corrected chi connectivity index (χ3v) is 7.30. The summed E-state index contributed by atoms with van der Waals surface area (Å²) in [5.41, 5.74) is 3.90. The molecular formula is C24H25N7O4. The van der Waals surface area contributed by atoms with Crippen molar-refractivity contribution in [2.75, 3.05) is 54.6 Å². The molecule has 0 aliphatic carbocycles. The molecule has 180 valence electrons. The lowest BCUT2D eigenvalue weighted by molar-refractivity contribution is 0.0964. The van der Waals surface area contributed by atoms with Gasteiger partial charge in [0, 0.05) is 37.9 Å². The van der Waals surface area contributed by atoms with Gasteiger partial charge in [-0.3, -0.25) is 9.59 Å². The second-order valence-electron chi connectivity index (χ2n) is 9.37. The third-order valence-electron chi connectivity index (χ3n) is 7.30. The van der Waals surface area contributed by atoms with Gasteiger partial charge in [0.25, 0.3) is 11.8 Å². The van der Waals surface area contributed by atoms with Crippen molar-refractivity contribution in [1.82, 2.24) is 19.9 Å². The lowest BCUT2D eigenvalue weighted by Gasteiger charge is -2.31. The summed E-state index contributed by atoms with van der Waals surface area (Å²) in [6.07, 6.45) is 4.66. The number of carbonyl (C=O) groups excluding carboxylic acids is 2. The highest BCUT2D eigenvalue weighted by Crippen LogP contribution is 2.34. The molecule has 3 aromatic rings. The first-order valence-electron chi connectivity index (χ1n) is 12.0. The predicted molar refractivity (Wildman–Crippen MR) is 127 cm³/mol. The van der Waals surface area contributed by atoms with Crippen LogP contribution in [0.2, 0.25) is 0 Å². The van der Waals surface area contributed by atoms with E-state index < -0.39 is 0 Å². The van der Waals surface area contributed by atoms with E-state index >= 15 is 0 Å². The summed E-state index contributed by atoms with van der Waals surface area (Å²) >= 11 is 0. The van der Waals surface area contributed by atoms with Crippen LogP contribution in [0, 0.1) is 0 Å². The fourth-order valence-corrected chi connectivity index (χ4v) is 5.48. The standard InChI is InChI=1S/C24H25N7O4/c32-23-17-9-20(29-3-5-34-6-4-29)19(7-14(17)10-25-23)27-24(33)18-11-26-31-2-1-21(28-22(18)31)30-12-16-8-15(30)13-35-16/h1-2,7,9,11,15-16H,3-6,8,10,12-13H2,(H,25,32)(H,27,33)/t15-,16-/m1/s1. The maximum absolute atomic E-state index is 13.5. The molecule has 0 spiro atoms. The highest BCUT2D eigenvalue weighted by Gasteiger charge is 2.39. The number of benzene rings is 1. The molecule has 3 saturated heterocycles. The van der Waals surface area contributed by atoms with E-state index in [9.17, 15) is 9.59 Å². The number of nitrogens with one attached hydrogen (secondary N) is 2. The van der Waals surface area contributed by atoms with Gasteiger partial charge < -0.3 is 29.9 Å². The fraction of sp³-hybridized carbons (Fsp3) is 0.417. The van der Waals surface area contributed by atoms with Gasteiger partial charge in [-0.05, 0) is 30.2 Å². The molecule has 2 bridgehead atoms. The maximum atomic E-state index is 13.5. The molecule has 1 aromatic carbocycles. The van der Waals surface area contributed by atoms with Gasteiger partial charge in [0.1, 0.15) is 11.4 Å². The smallest absolute Gasteiger partial charge is 0.261 e. The Hall–Kier alpha value is -3.70. The molecule has 2 amide bonds. The minimum absolute atomic E-state index is 0.0900. The second kappa shape index (κ2) is 7.92. The Bertz CT molecular complexity index is 1350. The second-order valence-corrected chi connectivity index (χ2v) is 9.37. The predicted octanol–water partition coefficient (Wildman–Crippen LogP) is 1.04. The number of hydrogen-bond acceptors (Lipinski definition) is 8. The van der Waals surface area contributed by atoms with Crippen molar-refractivity contribution >= 4 is 34.7 Å². The van der Waals surface area contributed by atoms with Crippen LogP contribution >= 0.6 is 0 Å². The van der Waals surface area contributed by atoms with Crippen LogP contribution in [0.3, 0.4) is 0 Å². The normalized spacial score (nSPS) is 23.1. The number of nitrogens with zero attached hydrogens (tertiary/aromatic N) is 5. The summed E-state index contributed by atoms with van der Waals surface area (Å²) in [6.45, 7) is 4.54. The largest absolute Gasteiger partial charge is 0.378 e. The van der Waals surface area contributed by atoms with Crippen LogP contribution < -0.4 is 20.4 Å². The van der Waals surface area contributed by atoms with Crippen LogP contribution in [0.15, 0.2) is 30.6 Å². The van der Waals surface area contributed by atoms with Crippen molar-refractivity contribution in [3.05, 3.63) is 47.3 Å². The first kappa shape index (κ1) is 20.7. The van der Waals surface area contributed by atoms with Crippen molar-refractivity contribution in [2.45, 2.75) is 25.1 Å². The summed E-state index contributed by atoms with van der Waals surface area (Å²) in [6, 6.07) is 6.02. The molecule has 11 nitrogen and oxygen atoms in total. The van der Waals surface area contributed by atoms with Gasteiger partial charge in [0.2, 0.25) is 0 Å². The van der Waals surface area contributed by atoms with Crippen LogP contribution in [0.4, 0.5) is 17.2 Å². The fourth-order valence-electron chi connectivity index (χ4n) is 5.48. The van der Waals surface area contributed by atoms with E-state index in [1.165, 1.54) is 0 Å². The highest BCUT2D eigenvalue weighted by atomic mass is 16.5. The lowest BCUT2D eigenvalue weighted by Crippen LogP contribution is -2.37. The van der Waals surface area contributed by atoms with Crippen LogP contribution in [-0.4, -0.2) is 78.0 Å². The van der Waals surface area contributed by atoms with E-state index in [4.69, 9.17) is 14.5 Å². The zero-order valence-electron chi connectivity index (χ0n) is 19.1. The molecule has 11 heteroatoms. The zero-order valence-corrected chi connectivity index (χ0v) is 19.1. The summed E-state index contributed by atoms with van der Waals surface area (Å²) in [7, 11) is 0. The Morgan fingerprint density at radius 1 is 1.23 bits per heavy atom. The number of carbonyl (C=O) groups is 2. The number of anilines is 3. The average molecular weight is 476 g/mol. The van der Waals surface area contributed by atoms with Crippen LogP contribution in [0.5, 0.6) is 0 Å². The molecule has 2 N–H and O–H groups in total. The topological polar surface area (TPSA) is 113 Å². The molecule has 2 atom stereocenters. The minimum atomic E-state index is -0.289. The first-order chi connectivity index (χ1) is 17.1. The number of hydrogen-bond donors (Lipinski definition) is 2. The van der Waals surface area contributed by atoms with E-state index in [1.54, 1.807) is 10.7 Å². The molecule has 4 aliphatic rings. The van der Waals surface area contributed by atoms with E-state index in [2.05, 4.69) is 25.5 Å². The zero-order chi connectivity index (χ0) is 23.5. The molecule has 2 aromatic heterocycles. The van der Waals surface area contributed by atoms with Crippen molar-refractivity contribution < 1.29 is 19.1 Å². The van der Waals surface area contributed by atoms with Crippen LogP contribution in [-0.2, 0) is 16.0 Å². The maximum Gasteiger partial charge on any atom is 0.261 e. The van der Waals surface area contributed by atoms with E-state index in [-0.39, 0.29) is 17.9 Å². The van der Waals surface area contributed by atoms with Crippen LogP contribution in [0.25, 0.3) is 5.65 Å². The lowest BCUT2D eigenvalue weighted by atomic mass is 10.1. The molecule has 35 heavy (non-hydrogen) atoms. The molecule has 0 unspecified atom stereocenters. The molecule has 3 fully saturated rings. The molecule has 4 aliphatic heterocycles. The Morgan fingerprint density at radius 2 is 2.11 bits per heavy atom. The van der Waals surface area contributed by atoms with Gasteiger partial charge >= 0.3 is 0 Å². The summed E-state index contributed by atoms with van der Waals surface area (Å²) in [4.78, 5) is 35.0. The van der Waals surface area contributed by atoms with Crippen LogP contribution in [0.1, 0.15) is 32.7 Å². The summed E-state index contributed by atoms with van der Waals surface area (Å²) in [5, 5.41) is 10.3. The molecular weight excluding hydrogens is 450 g/mol. The number of rotatable bonds is 4. The number of ether oxygens (including phenoxy) is 2. The van der Waals surface area contributed by atoms with Gasteiger partial charge in [-0.2, -0.15) is 5.10 Å². The number of fused-ring (bicyclic) bond motifs is 4. The molecule has 7 rings (SSSR count). The van der Waals surface area contributed by atoms with Gasteiger partial charge in [-0.25, -0.2) is 9.50 Å². The third kappa shape index (κ3) is 3.41. The quantitative estimate of drug-likeness (QED) is 0.576. The Kier molecular flexibility index (Phi) is 4.68. The summed E-state index contributed by atoms with van der Waals surface area (Å²) in [5.74, 6) is 0.453. The van der Waals surface area contributed by atoms with E-state index in [0.29, 0.717) is 68.0 Å². The summed E-state index contributed by atoms with van der Waals surface area (Å²) < 4.78 is 12.8. The molecule has 6 heterocycles. The Morgan fingerprint density at radius 3 is 2.91 bits per heavy atom. The van der Waals surface area contributed by atoms with Gasteiger partial charge in [0.15, 0.2) is 5.65 Å². The van der Waals surface area contributed by atoms with E-state index in [1.807, 2.05) is 24.4 Å². The van der Waals surface area contributed by atoms with Crippen molar-refractivity contribution in [3.8, 4) is 0 Å². The molecule has 0 radical (unpaired) electrons. The Labute approximate surface area is 201 Å². The number of amides is 2. The molecule has 0 saturated carbocycles. The van der Waals surface area contributed by atoms with Crippen molar-refractivity contribution in [1.29, 1.82) is 0 Å². The van der Waals surface area contributed by atoms with Crippen molar-refractivity contribution in [3.63, 3.8) is 0 Å². The SMILES string of the molecule is O=C1NCc2cc(NC(=O)c3cnn4ccc(N5C[C@H]6C[C@@H]5CO6)nc34)c(N3CCOCC3)cc21. The number of morpholine rings is 2. The Balaban J connectivity index is 1.22. The monoisotopic (exact) mass is 475 g/mol. The van der Waals surface area contributed by atoms with Gasteiger partial charge in [0.05, 0.1) is 49.5 Å². The average Bonchev–Trinajstić information content (AvgIpc) is 3.68. The van der Waals surface area contributed by atoms with Gasteiger partial charge in [-0.1, -0.05) is 0 Å². The first-order valence-corrected chi connectivity index (χ1v) is 12.0. The minimum Gasteiger partial charge on any atom is -0.378 e. The van der Waals surface area contributed by atoms with Crippen molar-refractivity contribution in [2.24, 2.45) is 0 Å². The number of aromatic nitrogens is 3. The highest BCUT2D eigenvalue weighted by molar-refractivity contribution is 6.10. The van der Waals surface area contributed by atoms with Gasteiger partial charge in [-0.15, -0.1) is 0 Å². The van der Waals surface area contributed by atoms with E-state index in [0.717, 1.165) is 30.0 Å².